The smallest absolute Gasteiger partial charge is 0.262 e. The van der Waals surface area contributed by atoms with E-state index in [4.69, 9.17) is 21.1 Å². The average Bonchev–Trinajstić information content (AvgIpc) is 3.23. The topological polar surface area (TPSA) is 82.4 Å². The number of fused-ring (bicyclic) bond motifs is 1. The molecule has 0 unspecified atom stereocenters. The molecule has 9 heteroatoms. The first-order valence-electron chi connectivity index (χ1n) is 9.46. The summed E-state index contributed by atoms with van der Waals surface area (Å²) in [5.74, 6) is 1.32. The normalized spacial score (nSPS) is 10.8. The van der Waals surface area contributed by atoms with Gasteiger partial charge in [-0.3, -0.25) is 14.2 Å². The predicted molar refractivity (Wildman–Crippen MR) is 122 cm³/mol. The van der Waals surface area contributed by atoms with Gasteiger partial charge < -0.3 is 14.8 Å². The van der Waals surface area contributed by atoms with E-state index >= 15 is 0 Å². The predicted octanol–water partition coefficient (Wildman–Crippen LogP) is 4.94. The molecular formula is C22H18ClN3O4S. The number of thiophene rings is 1. The summed E-state index contributed by atoms with van der Waals surface area (Å²) in [6.07, 6.45) is 1.37. The van der Waals surface area contributed by atoms with Gasteiger partial charge in [0.2, 0.25) is 5.91 Å². The van der Waals surface area contributed by atoms with Crippen LogP contribution in [0.2, 0.25) is 5.02 Å². The zero-order chi connectivity index (χ0) is 21.8. The molecule has 2 aromatic heterocycles. The highest BCUT2D eigenvalue weighted by Gasteiger charge is 2.13. The number of amides is 1. The molecule has 0 aliphatic rings. The fourth-order valence-electron chi connectivity index (χ4n) is 2.94. The lowest BCUT2D eigenvalue weighted by Crippen LogP contribution is -2.27. The lowest BCUT2D eigenvalue weighted by atomic mass is 10.2. The van der Waals surface area contributed by atoms with Crippen molar-refractivity contribution in [1.29, 1.82) is 0 Å². The molecule has 0 bridgehead atoms. The van der Waals surface area contributed by atoms with Crippen LogP contribution < -0.4 is 20.3 Å². The Labute approximate surface area is 186 Å². The molecule has 0 spiro atoms. The summed E-state index contributed by atoms with van der Waals surface area (Å²) in [4.78, 5) is 30.0. The number of halogens is 1. The largest absolute Gasteiger partial charge is 0.494 e. The lowest BCUT2D eigenvalue weighted by Gasteiger charge is -2.14. The van der Waals surface area contributed by atoms with Gasteiger partial charge in [0.1, 0.15) is 22.9 Å². The molecule has 2 heterocycles. The molecule has 0 aliphatic carbocycles. The van der Waals surface area contributed by atoms with Crippen LogP contribution in [0.5, 0.6) is 17.2 Å². The number of rotatable bonds is 7. The first-order valence-corrected chi connectivity index (χ1v) is 10.7. The first kappa shape index (κ1) is 20.9. The van der Waals surface area contributed by atoms with E-state index in [9.17, 15) is 9.59 Å². The Balaban J connectivity index is 1.52. The van der Waals surface area contributed by atoms with Crippen molar-refractivity contribution in [3.63, 3.8) is 0 Å². The SMILES string of the molecule is CCOc1ccc(Oc2ccc(Cl)cc2NC(=O)Cn2cnc3sccc3c2=O)cc1. The van der Waals surface area contributed by atoms with E-state index in [-0.39, 0.29) is 12.1 Å². The van der Waals surface area contributed by atoms with E-state index in [2.05, 4.69) is 10.3 Å². The molecule has 0 saturated carbocycles. The van der Waals surface area contributed by atoms with Crippen LogP contribution in [-0.4, -0.2) is 22.1 Å². The maximum absolute atomic E-state index is 12.6. The van der Waals surface area contributed by atoms with Gasteiger partial charge in [-0.15, -0.1) is 11.3 Å². The maximum Gasteiger partial charge on any atom is 0.262 e. The number of benzene rings is 2. The number of nitrogens with one attached hydrogen (secondary N) is 1. The molecule has 4 rings (SSSR count). The number of ether oxygens (including phenoxy) is 2. The Bertz CT molecular complexity index is 1280. The van der Waals surface area contributed by atoms with Crippen LogP contribution in [0.4, 0.5) is 5.69 Å². The van der Waals surface area contributed by atoms with Gasteiger partial charge in [-0.2, -0.15) is 0 Å². The van der Waals surface area contributed by atoms with Gasteiger partial charge in [0.25, 0.3) is 5.56 Å². The van der Waals surface area contributed by atoms with Crippen LogP contribution >= 0.6 is 22.9 Å². The number of hydrogen-bond donors (Lipinski definition) is 1. The number of hydrogen-bond acceptors (Lipinski definition) is 6. The van der Waals surface area contributed by atoms with Crippen LogP contribution in [-0.2, 0) is 11.3 Å². The summed E-state index contributed by atoms with van der Waals surface area (Å²) >= 11 is 7.49. The van der Waals surface area contributed by atoms with Gasteiger partial charge in [-0.05, 0) is 60.8 Å². The fourth-order valence-corrected chi connectivity index (χ4v) is 3.83. The van der Waals surface area contributed by atoms with Crippen LogP contribution in [0.3, 0.4) is 0 Å². The maximum atomic E-state index is 12.6. The molecule has 0 atom stereocenters. The summed E-state index contributed by atoms with van der Waals surface area (Å²) in [5.41, 5.74) is 0.127. The van der Waals surface area contributed by atoms with E-state index in [1.165, 1.54) is 22.2 Å². The zero-order valence-electron chi connectivity index (χ0n) is 16.5. The highest BCUT2D eigenvalue weighted by molar-refractivity contribution is 7.16. The summed E-state index contributed by atoms with van der Waals surface area (Å²) < 4.78 is 12.6. The van der Waals surface area contributed by atoms with Gasteiger partial charge in [0, 0.05) is 5.02 Å². The second-order valence-electron chi connectivity index (χ2n) is 6.51. The Morgan fingerprint density at radius 1 is 1.16 bits per heavy atom. The molecule has 31 heavy (non-hydrogen) atoms. The molecular weight excluding hydrogens is 438 g/mol. The minimum Gasteiger partial charge on any atom is -0.494 e. The second-order valence-corrected chi connectivity index (χ2v) is 7.84. The van der Waals surface area contributed by atoms with E-state index in [0.29, 0.717) is 39.0 Å². The van der Waals surface area contributed by atoms with Gasteiger partial charge >= 0.3 is 0 Å². The summed E-state index contributed by atoms with van der Waals surface area (Å²) in [5, 5.41) is 5.48. The minimum atomic E-state index is -0.405. The zero-order valence-corrected chi connectivity index (χ0v) is 18.1. The fraction of sp³-hybridized carbons (Fsp3) is 0.136. The number of anilines is 1. The number of aromatic nitrogens is 2. The monoisotopic (exact) mass is 455 g/mol. The van der Waals surface area contributed by atoms with Gasteiger partial charge in [0.05, 0.1) is 24.0 Å². The molecule has 4 aromatic rings. The molecule has 1 N–H and O–H groups in total. The number of nitrogens with zero attached hydrogens (tertiary/aromatic N) is 2. The van der Waals surface area contributed by atoms with Crippen LogP contribution in [0.25, 0.3) is 10.2 Å². The van der Waals surface area contributed by atoms with Crippen molar-refractivity contribution in [3.05, 3.63) is 75.6 Å². The van der Waals surface area contributed by atoms with Crippen molar-refractivity contribution >= 4 is 44.7 Å². The molecule has 7 nitrogen and oxygen atoms in total. The average molecular weight is 456 g/mol. The molecule has 0 aliphatic heterocycles. The molecule has 0 radical (unpaired) electrons. The van der Waals surface area contributed by atoms with Crippen molar-refractivity contribution < 1.29 is 14.3 Å². The standard InChI is InChI=1S/C22H18ClN3O4S/c1-2-29-15-4-6-16(7-5-15)30-19-8-3-14(23)11-18(19)25-20(27)12-26-13-24-21-17(22(26)28)9-10-31-21/h3-11,13H,2,12H2,1H3,(H,25,27). The Kier molecular flexibility index (Phi) is 6.20. The van der Waals surface area contributed by atoms with E-state index in [0.717, 1.165) is 5.75 Å². The van der Waals surface area contributed by atoms with Crippen molar-refractivity contribution in [2.24, 2.45) is 0 Å². The van der Waals surface area contributed by atoms with Crippen LogP contribution in [0.15, 0.2) is 65.0 Å². The minimum absolute atomic E-state index is 0.188. The lowest BCUT2D eigenvalue weighted by molar-refractivity contribution is -0.116. The second kappa shape index (κ2) is 9.20. The Morgan fingerprint density at radius 2 is 1.94 bits per heavy atom. The molecule has 0 saturated heterocycles. The molecule has 0 fully saturated rings. The van der Waals surface area contributed by atoms with Crippen LogP contribution in [0.1, 0.15) is 6.92 Å². The summed E-state index contributed by atoms with van der Waals surface area (Å²) in [6, 6.07) is 13.8. The van der Waals surface area contributed by atoms with Gasteiger partial charge in [0.15, 0.2) is 5.75 Å². The third-order valence-corrected chi connectivity index (χ3v) is 5.40. The third-order valence-electron chi connectivity index (χ3n) is 4.34. The van der Waals surface area contributed by atoms with Crippen molar-refractivity contribution in [1.82, 2.24) is 9.55 Å². The van der Waals surface area contributed by atoms with Crippen molar-refractivity contribution in [2.45, 2.75) is 13.5 Å². The third kappa shape index (κ3) is 4.87. The summed E-state index contributed by atoms with van der Waals surface area (Å²) in [6.45, 7) is 2.30. The Hall–Kier alpha value is -3.36. The van der Waals surface area contributed by atoms with E-state index < -0.39 is 5.91 Å². The van der Waals surface area contributed by atoms with Crippen molar-refractivity contribution in [2.75, 3.05) is 11.9 Å². The highest BCUT2D eigenvalue weighted by Crippen LogP contribution is 2.32. The molecule has 2 aromatic carbocycles. The van der Waals surface area contributed by atoms with Gasteiger partial charge in [-0.25, -0.2) is 4.98 Å². The quantitative estimate of drug-likeness (QED) is 0.426. The Morgan fingerprint density at radius 3 is 2.71 bits per heavy atom. The van der Waals surface area contributed by atoms with Gasteiger partial charge in [-0.1, -0.05) is 11.6 Å². The summed E-state index contributed by atoms with van der Waals surface area (Å²) in [7, 11) is 0. The van der Waals surface area contributed by atoms with Crippen molar-refractivity contribution in [3.8, 4) is 17.2 Å². The van der Waals surface area contributed by atoms with E-state index in [1.807, 2.05) is 6.92 Å². The first-order chi connectivity index (χ1) is 15.0. The molecule has 1 amide bonds. The number of carbonyl (C=O) groups excluding carboxylic acids is 1. The highest BCUT2D eigenvalue weighted by atomic mass is 35.5. The molecule has 158 valence electrons. The van der Waals surface area contributed by atoms with Crippen LogP contribution in [0, 0.1) is 0 Å². The number of carbonyl (C=O) groups is 1. The van der Waals surface area contributed by atoms with E-state index in [1.54, 1.807) is 53.9 Å².